The van der Waals surface area contributed by atoms with Gasteiger partial charge in [0.25, 0.3) is 5.91 Å². The second-order valence-corrected chi connectivity index (χ2v) is 9.04. The van der Waals surface area contributed by atoms with E-state index in [1.54, 1.807) is 4.90 Å². The Bertz CT molecular complexity index is 1510. The van der Waals surface area contributed by atoms with E-state index in [-0.39, 0.29) is 54.8 Å². The van der Waals surface area contributed by atoms with Crippen molar-refractivity contribution < 1.29 is 13.6 Å². The second-order valence-electron chi connectivity index (χ2n) is 7.61. The predicted molar refractivity (Wildman–Crippen MR) is 123 cm³/mol. The van der Waals surface area contributed by atoms with Crippen LogP contribution in [0.4, 0.5) is 19.6 Å². The number of halogens is 3. The fraction of sp³-hybridized carbons (Fsp3) is 0.136. The SMILES string of the molecule is N#Cc1c(N)sc2c(F)ccc(-c3c(F)cc4c(c3Cl)CCN(Cc3cn[nH]c3N)C4=O)c12. The number of nitrogens with two attached hydrogens (primary N) is 2. The quantitative estimate of drug-likeness (QED) is 0.396. The first-order valence-corrected chi connectivity index (χ1v) is 11.0. The summed E-state index contributed by atoms with van der Waals surface area (Å²) in [6.07, 6.45) is 1.92. The molecule has 0 atom stereocenters. The summed E-state index contributed by atoms with van der Waals surface area (Å²) in [5.74, 6) is -1.34. The van der Waals surface area contributed by atoms with Crippen molar-refractivity contribution in [3.05, 3.63) is 63.3 Å². The third-order valence-electron chi connectivity index (χ3n) is 5.78. The van der Waals surface area contributed by atoms with Crippen LogP contribution in [-0.2, 0) is 13.0 Å². The van der Waals surface area contributed by atoms with Crippen LogP contribution in [0.3, 0.4) is 0 Å². The van der Waals surface area contributed by atoms with Gasteiger partial charge in [-0.3, -0.25) is 9.89 Å². The van der Waals surface area contributed by atoms with Crippen molar-refractivity contribution in [3.63, 3.8) is 0 Å². The van der Waals surface area contributed by atoms with E-state index in [1.165, 1.54) is 18.3 Å². The van der Waals surface area contributed by atoms with Gasteiger partial charge in [0.15, 0.2) is 0 Å². The van der Waals surface area contributed by atoms with E-state index in [4.69, 9.17) is 23.1 Å². The number of hydrogen-bond donors (Lipinski definition) is 3. The van der Waals surface area contributed by atoms with Crippen molar-refractivity contribution in [2.24, 2.45) is 0 Å². The van der Waals surface area contributed by atoms with Gasteiger partial charge in [0.1, 0.15) is 28.5 Å². The number of fused-ring (bicyclic) bond motifs is 2. The maximum atomic E-state index is 15.4. The van der Waals surface area contributed by atoms with Gasteiger partial charge in [-0.2, -0.15) is 10.4 Å². The molecule has 0 spiro atoms. The molecule has 7 nitrogen and oxygen atoms in total. The summed E-state index contributed by atoms with van der Waals surface area (Å²) in [5, 5.41) is 16.4. The molecule has 33 heavy (non-hydrogen) atoms. The highest BCUT2D eigenvalue weighted by molar-refractivity contribution is 7.23. The summed E-state index contributed by atoms with van der Waals surface area (Å²) in [4.78, 5) is 14.6. The van der Waals surface area contributed by atoms with Gasteiger partial charge in [-0.05, 0) is 29.7 Å². The minimum atomic E-state index is -0.752. The Labute approximate surface area is 195 Å². The monoisotopic (exact) mass is 484 g/mol. The molecule has 1 aliphatic heterocycles. The minimum Gasteiger partial charge on any atom is -0.389 e. The lowest BCUT2D eigenvalue weighted by Crippen LogP contribution is -2.37. The van der Waals surface area contributed by atoms with Gasteiger partial charge >= 0.3 is 0 Å². The van der Waals surface area contributed by atoms with Gasteiger partial charge < -0.3 is 16.4 Å². The van der Waals surface area contributed by atoms with Crippen LogP contribution in [-0.4, -0.2) is 27.5 Å². The molecule has 166 valence electrons. The fourth-order valence-electron chi connectivity index (χ4n) is 4.17. The third kappa shape index (κ3) is 3.20. The fourth-order valence-corrected chi connectivity index (χ4v) is 5.51. The van der Waals surface area contributed by atoms with Gasteiger partial charge in [0.2, 0.25) is 0 Å². The van der Waals surface area contributed by atoms with Crippen molar-refractivity contribution in [1.29, 1.82) is 5.26 Å². The Kier molecular flexibility index (Phi) is 4.96. The number of nitrogen functional groups attached to an aromatic ring is 2. The number of H-pyrrole nitrogens is 1. The Morgan fingerprint density at radius 1 is 1.27 bits per heavy atom. The molecule has 1 aliphatic rings. The predicted octanol–water partition coefficient (Wildman–Crippen LogP) is 4.46. The zero-order valence-electron chi connectivity index (χ0n) is 16.9. The van der Waals surface area contributed by atoms with E-state index < -0.39 is 11.6 Å². The van der Waals surface area contributed by atoms with E-state index in [2.05, 4.69) is 10.2 Å². The van der Waals surface area contributed by atoms with Crippen molar-refractivity contribution >= 4 is 49.7 Å². The van der Waals surface area contributed by atoms with Gasteiger partial charge in [0, 0.05) is 28.6 Å². The molecule has 1 amide bonds. The van der Waals surface area contributed by atoms with Crippen LogP contribution in [0.1, 0.15) is 27.0 Å². The number of nitrogens with one attached hydrogen (secondary N) is 1. The summed E-state index contributed by atoms with van der Waals surface area (Å²) in [6.45, 7) is 0.564. The standard InChI is InChI=1S/C22H15ClF2N6OS/c23-18-10-3-4-31(8-9-7-29-30-20(9)27)22(32)12(10)5-15(25)17(18)11-1-2-14(24)19-16(11)13(6-26)21(28)33-19/h1-2,5,7H,3-4,8,28H2,(H3,27,29,30). The van der Waals surface area contributed by atoms with Crippen molar-refractivity contribution in [2.75, 3.05) is 18.0 Å². The maximum absolute atomic E-state index is 15.4. The highest BCUT2D eigenvalue weighted by atomic mass is 35.5. The van der Waals surface area contributed by atoms with Crippen LogP contribution in [0.2, 0.25) is 5.02 Å². The number of hydrogen-bond acceptors (Lipinski definition) is 6. The lowest BCUT2D eigenvalue weighted by atomic mass is 9.91. The van der Waals surface area contributed by atoms with Gasteiger partial charge in [-0.1, -0.05) is 17.7 Å². The molecule has 4 aromatic rings. The van der Waals surface area contributed by atoms with Crippen LogP contribution in [0.15, 0.2) is 24.4 Å². The van der Waals surface area contributed by atoms with Crippen molar-refractivity contribution in [3.8, 4) is 17.2 Å². The van der Waals surface area contributed by atoms with E-state index in [0.29, 0.717) is 29.9 Å². The van der Waals surface area contributed by atoms with Crippen LogP contribution in [0.25, 0.3) is 21.2 Å². The molecule has 11 heteroatoms. The Hall–Kier alpha value is -3.68. The summed E-state index contributed by atoms with van der Waals surface area (Å²) in [5.41, 5.74) is 13.3. The van der Waals surface area contributed by atoms with Gasteiger partial charge in [-0.15, -0.1) is 11.3 Å². The molecule has 0 fully saturated rings. The first-order valence-electron chi connectivity index (χ1n) is 9.80. The highest BCUT2D eigenvalue weighted by Gasteiger charge is 2.31. The Morgan fingerprint density at radius 3 is 2.76 bits per heavy atom. The molecule has 2 aromatic carbocycles. The lowest BCUT2D eigenvalue weighted by molar-refractivity contribution is 0.0727. The largest absolute Gasteiger partial charge is 0.389 e. The first kappa shape index (κ1) is 21.2. The molecule has 0 bridgehead atoms. The third-order valence-corrected chi connectivity index (χ3v) is 7.22. The van der Waals surface area contributed by atoms with Crippen molar-refractivity contribution in [2.45, 2.75) is 13.0 Å². The Morgan fingerprint density at radius 2 is 2.06 bits per heavy atom. The number of nitrogens with zero attached hydrogens (tertiary/aromatic N) is 3. The number of carbonyl (C=O) groups excluding carboxylic acids is 1. The molecule has 0 aliphatic carbocycles. The van der Waals surface area contributed by atoms with E-state index in [0.717, 1.165) is 17.4 Å². The molecule has 2 aromatic heterocycles. The van der Waals surface area contributed by atoms with E-state index in [9.17, 15) is 14.4 Å². The lowest BCUT2D eigenvalue weighted by Gasteiger charge is -2.30. The maximum Gasteiger partial charge on any atom is 0.254 e. The van der Waals surface area contributed by atoms with Gasteiger partial charge in [0.05, 0.1) is 28.0 Å². The number of benzene rings is 2. The Balaban J connectivity index is 1.64. The highest BCUT2D eigenvalue weighted by Crippen LogP contribution is 2.45. The van der Waals surface area contributed by atoms with E-state index in [1.807, 2.05) is 6.07 Å². The number of amides is 1. The molecular formula is C22H15ClF2N6OS. The smallest absolute Gasteiger partial charge is 0.254 e. The van der Waals surface area contributed by atoms with Crippen LogP contribution < -0.4 is 11.5 Å². The molecule has 0 unspecified atom stereocenters. The van der Waals surface area contributed by atoms with Crippen LogP contribution in [0.5, 0.6) is 0 Å². The number of nitriles is 1. The average Bonchev–Trinajstić information content (AvgIpc) is 3.34. The van der Waals surface area contributed by atoms with E-state index >= 15 is 4.39 Å². The first-order chi connectivity index (χ1) is 15.8. The normalized spacial score (nSPS) is 13.4. The number of aromatic amines is 1. The molecule has 0 saturated carbocycles. The minimum absolute atomic E-state index is 0.00930. The summed E-state index contributed by atoms with van der Waals surface area (Å²) < 4.78 is 30.0. The molecule has 3 heterocycles. The molecule has 5 N–H and O–H groups in total. The number of aromatic nitrogens is 2. The second kappa shape index (κ2) is 7.72. The van der Waals surface area contributed by atoms with Crippen LogP contribution in [0, 0.1) is 23.0 Å². The number of rotatable bonds is 3. The summed E-state index contributed by atoms with van der Waals surface area (Å²) in [6, 6.07) is 5.67. The van der Waals surface area contributed by atoms with Crippen molar-refractivity contribution in [1.82, 2.24) is 15.1 Å². The van der Waals surface area contributed by atoms with Gasteiger partial charge in [-0.25, -0.2) is 8.78 Å². The molecule has 0 saturated heterocycles. The number of carbonyl (C=O) groups is 1. The summed E-state index contributed by atoms with van der Waals surface area (Å²) >= 11 is 7.56. The van der Waals surface area contributed by atoms with Crippen LogP contribution >= 0.6 is 22.9 Å². The zero-order valence-corrected chi connectivity index (χ0v) is 18.4. The molecular weight excluding hydrogens is 470 g/mol. The number of anilines is 2. The zero-order chi connectivity index (χ0) is 23.4. The molecule has 0 radical (unpaired) electrons. The number of thiophene rings is 1. The summed E-state index contributed by atoms with van der Waals surface area (Å²) in [7, 11) is 0. The average molecular weight is 485 g/mol. The molecule has 5 rings (SSSR count). The topological polar surface area (TPSA) is 125 Å².